The Bertz CT molecular complexity index is 790. The van der Waals surface area contributed by atoms with Crippen LogP contribution in [0.4, 0.5) is 5.69 Å². The molecular formula is C21H24ClN3O2. The Labute approximate surface area is 164 Å². The van der Waals surface area contributed by atoms with Crippen molar-refractivity contribution < 1.29 is 9.59 Å². The van der Waals surface area contributed by atoms with Crippen LogP contribution in [0.2, 0.25) is 5.02 Å². The molecule has 27 heavy (non-hydrogen) atoms. The molecule has 0 spiro atoms. The first-order valence-electron chi connectivity index (χ1n) is 9.15. The Kier molecular flexibility index (Phi) is 6.35. The maximum atomic E-state index is 12.1. The summed E-state index contributed by atoms with van der Waals surface area (Å²) in [6, 6.07) is 15.4. The summed E-state index contributed by atoms with van der Waals surface area (Å²) in [6.45, 7) is 2.09. The molecule has 0 radical (unpaired) electrons. The number of nitrogens with one attached hydrogen (secondary N) is 1. The molecule has 0 bridgehead atoms. The zero-order chi connectivity index (χ0) is 19.2. The lowest BCUT2D eigenvalue weighted by atomic mass is 9.97. The average Bonchev–Trinajstić information content (AvgIpc) is 2.69. The van der Waals surface area contributed by atoms with E-state index in [0.29, 0.717) is 24.5 Å². The van der Waals surface area contributed by atoms with Crippen molar-refractivity contribution in [3.8, 4) is 0 Å². The van der Waals surface area contributed by atoms with Crippen LogP contribution in [0.15, 0.2) is 48.5 Å². The van der Waals surface area contributed by atoms with E-state index in [-0.39, 0.29) is 17.7 Å². The summed E-state index contributed by atoms with van der Waals surface area (Å²) in [5, 5.41) is 3.60. The molecule has 1 saturated heterocycles. The Morgan fingerprint density at radius 3 is 2.41 bits per heavy atom. The van der Waals surface area contributed by atoms with Crippen LogP contribution < -0.4 is 16.0 Å². The van der Waals surface area contributed by atoms with Gasteiger partial charge in [-0.1, -0.05) is 35.9 Å². The van der Waals surface area contributed by atoms with Gasteiger partial charge in [0.25, 0.3) is 0 Å². The number of nitrogens with two attached hydrogens (primary N) is 1. The van der Waals surface area contributed by atoms with Crippen molar-refractivity contribution in [3.05, 3.63) is 64.7 Å². The molecule has 142 valence electrons. The summed E-state index contributed by atoms with van der Waals surface area (Å²) in [4.78, 5) is 25.7. The largest absolute Gasteiger partial charge is 0.371 e. The first kappa shape index (κ1) is 19.2. The second-order valence-corrected chi connectivity index (χ2v) is 7.37. The van der Waals surface area contributed by atoms with E-state index in [1.807, 2.05) is 36.4 Å². The van der Waals surface area contributed by atoms with Gasteiger partial charge in [-0.25, -0.2) is 0 Å². The van der Waals surface area contributed by atoms with Crippen molar-refractivity contribution in [2.75, 3.05) is 18.0 Å². The summed E-state index contributed by atoms with van der Waals surface area (Å²) in [6.07, 6.45) is 2.16. The van der Waals surface area contributed by atoms with E-state index in [4.69, 9.17) is 17.3 Å². The third-order valence-electron chi connectivity index (χ3n) is 4.89. The maximum absolute atomic E-state index is 12.1. The average molecular weight is 386 g/mol. The van der Waals surface area contributed by atoms with Gasteiger partial charge in [0, 0.05) is 30.3 Å². The number of carbonyl (C=O) groups is 2. The van der Waals surface area contributed by atoms with Crippen LogP contribution in [0.1, 0.15) is 24.0 Å². The molecule has 1 aliphatic heterocycles. The summed E-state index contributed by atoms with van der Waals surface area (Å²) in [7, 11) is 0. The molecule has 1 heterocycles. The van der Waals surface area contributed by atoms with Gasteiger partial charge < -0.3 is 16.0 Å². The fourth-order valence-electron chi connectivity index (χ4n) is 3.32. The molecule has 2 amide bonds. The number of hydrogen-bond acceptors (Lipinski definition) is 3. The van der Waals surface area contributed by atoms with Crippen molar-refractivity contribution in [2.24, 2.45) is 11.7 Å². The zero-order valence-electron chi connectivity index (χ0n) is 15.2. The van der Waals surface area contributed by atoms with Gasteiger partial charge in [0.2, 0.25) is 11.8 Å². The second-order valence-electron chi connectivity index (χ2n) is 6.93. The predicted molar refractivity (Wildman–Crippen MR) is 108 cm³/mol. The Hall–Kier alpha value is -2.53. The molecule has 3 rings (SSSR count). The topological polar surface area (TPSA) is 75.4 Å². The molecule has 0 unspecified atom stereocenters. The van der Waals surface area contributed by atoms with E-state index in [9.17, 15) is 9.59 Å². The number of piperidine rings is 1. The number of anilines is 1. The van der Waals surface area contributed by atoms with E-state index in [1.165, 1.54) is 0 Å². The third kappa shape index (κ3) is 5.47. The quantitative estimate of drug-likeness (QED) is 0.802. The van der Waals surface area contributed by atoms with Crippen molar-refractivity contribution >= 4 is 29.1 Å². The van der Waals surface area contributed by atoms with Gasteiger partial charge in [-0.3, -0.25) is 9.59 Å². The van der Waals surface area contributed by atoms with Crippen LogP contribution in [-0.2, 0) is 22.6 Å². The third-order valence-corrected chi connectivity index (χ3v) is 5.14. The fourth-order valence-corrected chi connectivity index (χ4v) is 3.45. The summed E-state index contributed by atoms with van der Waals surface area (Å²) >= 11 is 5.85. The minimum atomic E-state index is -0.222. The Morgan fingerprint density at radius 2 is 1.74 bits per heavy atom. The Morgan fingerprint density at radius 1 is 1.07 bits per heavy atom. The van der Waals surface area contributed by atoms with E-state index >= 15 is 0 Å². The summed E-state index contributed by atoms with van der Waals surface area (Å²) in [5.74, 6) is -0.327. The van der Waals surface area contributed by atoms with Gasteiger partial charge in [-0.05, 0) is 48.2 Å². The SMILES string of the molecule is NC(=O)[C@@H]1CCCN(c2ccc(CNC(=O)Cc3ccc(Cl)cc3)cc2)C1. The highest BCUT2D eigenvalue weighted by molar-refractivity contribution is 6.30. The lowest BCUT2D eigenvalue weighted by molar-refractivity contribution is -0.122. The lowest BCUT2D eigenvalue weighted by Crippen LogP contribution is -2.41. The minimum absolute atomic E-state index is 0.0262. The number of halogens is 1. The van der Waals surface area contributed by atoms with Gasteiger partial charge >= 0.3 is 0 Å². The molecule has 0 saturated carbocycles. The number of carbonyl (C=O) groups excluding carboxylic acids is 2. The molecule has 5 nitrogen and oxygen atoms in total. The molecular weight excluding hydrogens is 362 g/mol. The summed E-state index contributed by atoms with van der Waals surface area (Å²) < 4.78 is 0. The van der Waals surface area contributed by atoms with Crippen LogP contribution in [-0.4, -0.2) is 24.9 Å². The normalized spacial score (nSPS) is 16.8. The van der Waals surface area contributed by atoms with Crippen LogP contribution in [0.25, 0.3) is 0 Å². The number of hydrogen-bond donors (Lipinski definition) is 2. The predicted octanol–water partition coefficient (Wildman–Crippen LogP) is 2.90. The molecule has 0 aromatic heterocycles. The fraction of sp³-hybridized carbons (Fsp3) is 0.333. The maximum Gasteiger partial charge on any atom is 0.224 e. The number of rotatable bonds is 6. The lowest BCUT2D eigenvalue weighted by Gasteiger charge is -2.33. The zero-order valence-corrected chi connectivity index (χ0v) is 15.9. The van der Waals surface area contributed by atoms with Gasteiger partial charge in [-0.2, -0.15) is 0 Å². The first-order valence-corrected chi connectivity index (χ1v) is 9.53. The number of primary amides is 1. The molecule has 1 atom stereocenters. The molecule has 1 fully saturated rings. The Balaban J connectivity index is 1.51. The number of benzene rings is 2. The highest BCUT2D eigenvalue weighted by atomic mass is 35.5. The highest BCUT2D eigenvalue weighted by Crippen LogP contribution is 2.23. The van der Waals surface area contributed by atoms with Gasteiger partial charge in [0.05, 0.1) is 12.3 Å². The van der Waals surface area contributed by atoms with E-state index in [1.54, 1.807) is 12.1 Å². The van der Waals surface area contributed by atoms with Gasteiger partial charge in [0.15, 0.2) is 0 Å². The first-order chi connectivity index (χ1) is 13.0. The molecule has 2 aromatic carbocycles. The molecule has 1 aliphatic rings. The molecule has 2 aromatic rings. The van der Waals surface area contributed by atoms with Crippen molar-refractivity contribution in [1.82, 2.24) is 5.32 Å². The standard InChI is InChI=1S/C21H24ClN3O2/c22-18-7-3-15(4-8-18)12-20(26)24-13-16-5-9-19(10-6-16)25-11-1-2-17(14-25)21(23)27/h3-10,17H,1-2,11-14H2,(H2,23,27)(H,24,26)/t17-/m1/s1. The van der Waals surface area contributed by atoms with Crippen LogP contribution in [0, 0.1) is 5.92 Å². The van der Waals surface area contributed by atoms with Crippen molar-refractivity contribution in [3.63, 3.8) is 0 Å². The summed E-state index contributed by atoms with van der Waals surface area (Å²) in [5.41, 5.74) is 8.50. The molecule has 3 N–H and O–H groups in total. The van der Waals surface area contributed by atoms with E-state index in [0.717, 1.165) is 36.2 Å². The van der Waals surface area contributed by atoms with Crippen molar-refractivity contribution in [2.45, 2.75) is 25.8 Å². The van der Waals surface area contributed by atoms with Crippen LogP contribution in [0.5, 0.6) is 0 Å². The van der Waals surface area contributed by atoms with Gasteiger partial charge in [0.1, 0.15) is 0 Å². The van der Waals surface area contributed by atoms with Crippen LogP contribution >= 0.6 is 11.6 Å². The van der Waals surface area contributed by atoms with Crippen molar-refractivity contribution in [1.29, 1.82) is 0 Å². The highest BCUT2D eigenvalue weighted by Gasteiger charge is 2.23. The molecule has 0 aliphatic carbocycles. The number of amides is 2. The minimum Gasteiger partial charge on any atom is -0.371 e. The molecule has 6 heteroatoms. The number of nitrogens with zero attached hydrogens (tertiary/aromatic N) is 1. The van der Waals surface area contributed by atoms with E-state index < -0.39 is 0 Å². The second kappa shape index (κ2) is 8.91. The van der Waals surface area contributed by atoms with Crippen LogP contribution in [0.3, 0.4) is 0 Å². The van der Waals surface area contributed by atoms with E-state index in [2.05, 4.69) is 10.2 Å². The van der Waals surface area contributed by atoms with Gasteiger partial charge in [-0.15, -0.1) is 0 Å². The monoisotopic (exact) mass is 385 g/mol. The smallest absolute Gasteiger partial charge is 0.224 e.